The summed E-state index contributed by atoms with van der Waals surface area (Å²) in [5, 5.41) is 13.8. The van der Waals surface area contributed by atoms with Crippen molar-refractivity contribution in [2.75, 3.05) is 18.0 Å². The Labute approximate surface area is 225 Å². The van der Waals surface area contributed by atoms with Crippen molar-refractivity contribution in [3.8, 4) is 0 Å². The van der Waals surface area contributed by atoms with Gasteiger partial charge in [0.25, 0.3) is 5.91 Å². The number of hydrogen-bond acceptors (Lipinski definition) is 7. The van der Waals surface area contributed by atoms with Crippen LogP contribution in [0, 0.1) is 0 Å². The van der Waals surface area contributed by atoms with Gasteiger partial charge in [0.1, 0.15) is 11.4 Å². The quantitative estimate of drug-likeness (QED) is 0.296. The van der Waals surface area contributed by atoms with Gasteiger partial charge in [-0.3, -0.25) is 4.79 Å². The van der Waals surface area contributed by atoms with Gasteiger partial charge in [0.15, 0.2) is 11.9 Å². The van der Waals surface area contributed by atoms with E-state index in [2.05, 4.69) is 38.3 Å². The highest BCUT2D eigenvalue weighted by molar-refractivity contribution is 6.01. The van der Waals surface area contributed by atoms with Crippen LogP contribution in [-0.2, 0) is 12.7 Å². The van der Waals surface area contributed by atoms with Crippen LogP contribution in [0.15, 0.2) is 70.6 Å². The molecule has 2 aromatic rings. The number of halogens is 6. The van der Waals surface area contributed by atoms with Crippen molar-refractivity contribution in [1.29, 1.82) is 0 Å². The van der Waals surface area contributed by atoms with Gasteiger partial charge in [-0.25, -0.2) is 10.2 Å². The molecule has 2 aliphatic heterocycles. The third kappa shape index (κ3) is 6.03. The number of hydrazine groups is 1. The van der Waals surface area contributed by atoms with E-state index >= 15 is 0 Å². The lowest BCUT2D eigenvalue weighted by Gasteiger charge is -2.22. The molecule has 214 valence electrons. The van der Waals surface area contributed by atoms with Gasteiger partial charge in [-0.2, -0.15) is 36.9 Å². The first kappa shape index (κ1) is 28.9. The molecule has 2 atom stereocenters. The Bertz CT molecular complexity index is 1360. The van der Waals surface area contributed by atoms with Crippen LogP contribution in [0.1, 0.15) is 53.2 Å². The number of carbonyl (C=O) groups is 1. The van der Waals surface area contributed by atoms with Gasteiger partial charge in [0, 0.05) is 13.1 Å². The minimum Gasteiger partial charge on any atom is -0.350 e. The Kier molecular flexibility index (Phi) is 8.05. The number of benzene rings is 1. The zero-order chi connectivity index (χ0) is 29.2. The van der Waals surface area contributed by atoms with Crippen LogP contribution in [0.4, 0.5) is 32.2 Å². The van der Waals surface area contributed by atoms with Crippen LogP contribution in [0.3, 0.4) is 0 Å². The second-order valence-corrected chi connectivity index (χ2v) is 9.09. The van der Waals surface area contributed by atoms with E-state index in [1.54, 1.807) is 31.2 Å². The molecule has 0 radical (unpaired) electrons. The highest BCUT2D eigenvalue weighted by Gasteiger charge is 2.44. The van der Waals surface area contributed by atoms with Crippen molar-refractivity contribution in [1.82, 2.24) is 26.1 Å². The molecule has 15 heteroatoms. The van der Waals surface area contributed by atoms with Gasteiger partial charge in [-0.15, -0.1) is 5.11 Å². The lowest BCUT2D eigenvalue weighted by molar-refractivity contribution is -0.141. The minimum atomic E-state index is -4.94. The molecular weight excluding hydrogens is 542 g/mol. The van der Waals surface area contributed by atoms with Crippen LogP contribution < -0.4 is 21.2 Å². The summed E-state index contributed by atoms with van der Waals surface area (Å²) < 4.78 is 82.7. The molecule has 0 bridgehead atoms. The summed E-state index contributed by atoms with van der Waals surface area (Å²) in [5.41, 5.74) is 3.87. The third-order valence-electron chi connectivity index (χ3n) is 6.46. The largest absolute Gasteiger partial charge is 0.436 e. The molecule has 0 spiro atoms. The average molecular weight is 569 g/mol. The van der Waals surface area contributed by atoms with Crippen LogP contribution in [0.5, 0.6) is 0 Å². The maximum atomic E-state index is 14.0. The van der Waals surface area contributed by atoms with Crippen LogP contribution in [0.25, 0.3) is 0 Å². The van der Waals surface area contributed by atoms with E-state index in [9.17, 15) is 31.1 Å². The normalized spacial score (nSPS) is 18.5. The minimum absolute atomic E-state index is 0.0262. The molecule has 1 aromatic heterocycles. The van der Waals surface area contributed by atoms with Crippen molar-refractivity contribution in [3.63, 3.8) is 0 Å². The van der Waals surface area contributed by atoms with E-state index in [4.69, 9.17) is 0 Å². The molecule has 40 heavy (non-hydrogen) atoms. The van der Waals surface area contributed by atoms with Crippen molar-refractivity contribution in [3.05, 3.63) is 82.6 Å². The molecule has 0 fully saturated rings. The first-order chi connectivity index (χ1) is 18.8. The Morgan fingerprint density at radius 1 is 1.20 bits per heavy atom. The second kappa shape index (κ2) is 11.2. The van der Waals surface area contributed by atoms with Crippen molar-refractivity contribution in [2.45, 2.75) is 45.0 Å². The Morgan fingerprint density at radius 2 is 1.90 bits per heavy atom. The van der Waals surface area contributed by atoms with E-state index in [0.29, 0.717) is 11.6 Å². The van der Waals surface area contributed by atoms with E-state index < -0.39 is 47.3 Å². The van der Waals surface area contributed by atoms with Gasteiger partial charge in [-0.1, -0.05) is 48.2 Å². The first-order valence-electron chi connectivity index (χ1n) is 12.1. The van der Waals surface area contributed by atoms with Crippen molar-refractivity contribution >= 4 is 11.7 Å². The topological polar surface area (TPSA) is 98.9 Å². The predicted molar refractivity (Wildman–Crippen MR) is 134 cm³/mol. The van der Waals surface area contributed by atoms with Crippen molar-refractivity contribution < 1.29 is 31.1 Å². The molecule has 3 N–H and O–H groups in total. The lowest BCUT2D eigenvalue weighted by atomic mass is 10.0. The average Bonchev–Trinajstić information content (AvgIpc) is 3.63. The number of amides is 1. The molecule has 0 aliphatic carbocycles. The number of carbonyl (C=O) groups excluding carboxylic acids is 1. The zero-order valence-corrected chi connectivity index (χ0v) is 21.4. The summed E-state index contributed by atoms with van der Waals surface area (Å²) in [7, 11) is 0. The fourth-order valence-electron chi connectivity index (χ4n) is 4.38. The van der Waals surface area contributed by atoms with E-state index in [0.717, 1.165) is 16.3 Å². The van der Waals surface area contributed by atoms with Gasteiger partial charge >= 0.3 is 12.4 Å². The van der Waals surface area contributed by atoms with Gasteiger partial charge in [0.05, 0.1) is 18.2 Å². The Morgan fingerprint density at radius 3 is 2.45 bits per heavy atom. The lowest BCUT2D eigenvalue weighted by Crippen LogP contribution is -2.31. The maximum Gasteiger partial charge on any atom is 0.436 e. The van der Waals surface area contributed by atoms with Gasteiger partial charge in [0.2, 0.25) is 0 Å². The molecule has 2 aliphatic rings. The highest BCUT2D eigenvalue weighted by Crippen LogP contribution is 2.39. The standard InChI is InChI=1S/C25H26F6N8O/c1-4-15(12-18(5-2)24(26,27)28)13-38-10-11-39-23(38)19(20(35-39)25(29,30)31)22(40)32-14(3)16-6-8-17(9-7-16)21-33-36-37-34-21/h4-9,12,14,21H,2,10-11,13H2,1,3H3,(H,32,40)(H,33,37)(H,34,36)/b15-4+,18-12+. The van der Waals surface area contributed by atoms with Crippen molar-refractivity contribution in [2.24, 2.45) is 10.3 Å². The van der Waals surface area contributed by atoms with Crippen LogP contribution in [-0.4, -0.2) is 35.0 Å². The van der Waals surface area contributed by atoms with Gasteiger partial charge in [-0.05, 0) is 36.6 Å². The van der Waals surface area contributed by atoms with E-state index in [1.165, 1.54) is 17.9 Å². The molecule has 1 aromatic carbocycles. The molecule has 2 unspecified atom stereocenters. The van der Waals surface area contributed by atoms with Gasteiger partial charge < -0.3 is 10.2 Å². The third-order valence-corrected chi connectivity index (χ3v) is 6.46. The molecule has 0 saturated carbocycles. The Balaban J connectivity index is 1.61. The number of fused-ring (bicyclic) bond motifs is 1. The predicted octanol–water partition coefficient (Wildman–Crippen LogP) is 5.31. The summed E-state index contributed by atoms with van der Waals surface area (Å²) >= 11 is 0. The summed E-state index contributed by atoms with van der Waals surface area (Å²) in [6.45, 7) is 6.33. The summed E-state index contributed by atoms with van der Waals surface area (Å²) in [4.78, 5) is 14.7. The van der Waals surface area contributed by atoms with Crippen LogP contribution in [0.2, 0.25) is 0 Å². The number of anilines is 1. The zero-order valence-electron chi connectivity index (χ0n) is 21.4. The summed E-state index contributed by atoms with van der Waals surface area (Å²) in [6, 6.07) is 6.22. The van der Waals surface area contributed by atoms with E-state index in [1.807, 2.05) is 0 Å². The molecule has 9 nitrogen and oxygen atoms in total. The summed E-state index contributed by atoms with van der Waals surface area (Å²) in [5.74, 6) is -1.12. The summed E-state index contributed by atoms with van der Waals surface area (Å²) in [6.07, 6.45) is -7.03. The van der Waals surface area contributed by atoms with Crippen LogP contribution >= 0.6 is 0 Å². The first-order valence-corrected chi connectivity index (χ1v) is 12.1. The number of hydrogen-bond donors (Lipinski definition) is 3. The maximum absolute atomic E-state index is 14.0. The number of allylic oxidation sites excluding steroid dienone is 3. The molecule has 4 rings (SSSR count). The SMILES string of the molecule is C=C/C(=C\C(=C/C)CN1CCn2nc(C(F)(F)F)c(C(=O)NC(C)c3ccc(C4N=NNN4)cc3)c21)C(F)(F)F. The fraction of sp³-hybridized carbons (Fsp3) is 0.360. The van der Waals surface area contributed by atoms with E-state index in [-0.39, 0.29) is 31.0 Å². The monoisotopic (exact) mass is 568 g/mol. The highest BCUT2D eigenvalue weighted by atomic mass is 19.4. The number of nitrogens with one attached hydrogen (secondary N) is 3. The molecule has 0 saturated heterocycles. The molecule has 3 heterocycles. The molecular formula is C25H26F6N8O. The number of alkyl halides is 6. The fourth-order valence-corrected chi connectivity index (χ4v) is 4.38. The number of rotatable bonds is 8. The Hall–Kier alpha value is -4.14. The smallest absolute Gasteiger partial charge is 0.350 e. The second-order valence-electron chi connectivity index (χ2n) is 9.09. The number of aromatic nitrogens is 2. The molecule has 1 amide bonds. The number of nitrogens with zero attached hydrogens (tertiary/aromatic N) is 5.